The van der Waals surface area contributed by atoms with Crippen LogP contribution in [0.15, 0.2) is 29.3 Å². The first-order valence-corrected chi connectivity index (χ1v) is 8.69. The van der Waals surface area contributed by atoms with Crippen molar-refractivity contribution < 1.29 is 8.78 Å². The molecule has 4 rings (SSSR count). The second kappa shape index (κ2) is 5.20. The molecule has 1 aromatic rings. The maximum absolute atomic E-state index is 13.4. The van der Waals surface area contributed by atoms with Crippen LogP contribution in [0.2, 0.25) is 0 Å². The first-order valence-electron chi connectivity index (χ1n) is 7.70. The second-order valence-electron chi connectivity index (χ2n) is 6.44. The third-order valence-corrected chi connectivity index (χ3v) is 5.83. The highest BCUT2D eigenvalue weighted by molar-refractivity contribution is 8.14. The summed E-state index contributed by atoms with van der Waals surface area (Å²) in [6, 6.07) is 8.17. The molecule has 0 amide bonds. The van der Waals surface area contributed by atoms with Crippen LogP contribution >= 0.6 is 11.8 Å². The number of hydrogen-bond donors (Lipinski definition) is 1. The van der Waals surface area contributed by atoms with Crippen molar-refractivity contribution in [2.75, 3.05) is 30.7 Å². The highest BCUT2D eigenvalue weighted by Gasteiger charge is 2.72. The number of halogens is 2. The van der Waals surface area contributed by atoms with Gasteiger partial charge in [0.15, 0.2) is 5.17 Å². The topological polar surface area (TPSA) is 27.6 Å². The number of likely N-dealkylation sites (tertiary alicyclic amines) is 1. The van der Waals surface area contributed by atoms with E-state index in [-0.39, 0.29) is 6.42 Å². The predicted octanol–water partition coefficient (Wildman–Crippen LogP) is 3.43. The Kier molecular flexibility index (Phi) is 3.42. The molecule has 1 saturated carbocycles. The molecule has 3 nitrogen and oxygen atoms in total. The summed E-state index contributed by atoms with van der Waals surface area (Å²) in [4.78, 5) is 6.70. The van der Waals surface area contributed by atoms with Crippen LogP contribution in [0.1, 0.15) is 18.4 Å². The summed E-state index contributed by atoms with van der Waals surface area (Å²) >= 11 is 1.68. The van der Waals surface area contributed by atoms with E-state index in [0.717, 1.165) is 29.7 Å². The van der Waals surface area contributed by atoms with E-state index >= 15 is 0 Å². The van der Waals surface area contributed by atoms with E-state index in [1.807, 2.05) is 12.1 Å². The number of nitrogens with zero attached hydrogens (tertiary/aromatic N) is 2. The van der Waals surface area contributed by atoms with Crippen LogP contribution in [0, 0.1) is 5.41 Å². The molecule has 1 aliphatic carbocycles. The number of thioether (sulfide) groups is 1. The summed E-state index contributed by atoms with van der Waals surface area (Å²) < 4.78 is 26.7. The van der Waals surface area contributed by atoms with E-state index < -0.39 is 11.3 Å². The Morgan fingerprint density at radius 2 is 2.14 bits per heavy atom. The van der Waals surface area contributed by atoms with Crippen molar-refractivity contribution in [1.82, 2.24) is 4.90 Å². The monoisotopic (exact) mass is 323 g/mol. The Morgan fingerprint density at radius 3 is 2.91 bits per heavy atom. The Hall–Kier alpha value is -1.14. The third-order valence-electron chi connectivity index (χ3n) is 4.94. The normalized spacial score (nSPS) is 29.1. The van der Waals surface area contributed by atoms with Gasteiger partial charge in [0.1, 0.15) is 0 Å². The second-order valence-corrected chi connectivity index (χ2v) is 7.52. The Bertz CT molecular complexity index is 619. The fourth-order valence-electron chi connectivity index (χ4n) is 3.42. The van der Waals surface area contributed by atoms with Gasteiger partial charge < -0.3 is 10.2 Å². The summed E-state index contributed by atoms with van der Waals surface area (Å²) in [6.45, 7) is 2.93. The van der Waals surface area contributed by atoms with E-state index in [2.05, 4.69) is 27.3 Å². The van der Waals surface area contributed by atoms with Gasteiger partial charge in [0, 0.05) is 31.0 Å². The lowest BCUT2D eigenvalue weighted by Gasteiger charge is -2.19. The molecule has 2 fully saturated rings. The van der Waals surface area contributed by atoms with Crippen molar-refractivity contribution in [3.8, 4) is 0 Å². The molecular weight excluding hydrogens is 304 g/mol. The van der Waals surface area contributed by atoms with Gasteiger partial charge in [-0.05, 0) is 24.6 Å². The Labute approximate surface area is 133 Å². The standard InChI is InChI=1S/C16H19F2N3S/c17-16(18)10-15(16)5-6-21(11-15)7-8-22-14-19-9-12-3-1-2-4-13(12)20-14/h1-4H,5-11H2,(H,19,20). The highest BCUT2D eigenvalue weighted by Crippen LogP contribution is 2.64. The van der Waals surface area contributed by atoms with Crippen LogP contribution in [0.5, 0.6) is 0 Å². The van der Waals surface area contributed by atoms with Crippen LogP contribution in [0.25, 0.3) is 0 Å². The molecular formula is C16H19F2N3S. The third kappa shape index (κ3) is 2.52. The molecule has 0 bridgehead atoms. The van der Waals surface area contributed by atoms with E-state index in [1.54, 1.807) is 11.8 Å². The van der Waals surface area contributed by atoms with Gasteiger partial charge in [-0.15, -0.1) is 0 Å². The predicted molar refractivity (Wildman–Crippen MR) is 86.7 cm³/mol. The van der Waals surface area contributed by atoms with Gasteiger partial charge in [-0.1, -0.05) is 30.0 Å². The molecule has 6 heteroatoms. The average Bonchev–Trinajstić information content (AvgIpc) is 2.83. The minimum atomic E-state index is -2.41. The lowest BCUT2D eigenvalue weighted by atomic mass is 10.1. The lowest BCUT2D eigenvalue weighted by molar-refractivity contribution is 0.0666. The van der Waals surface area contributed by atoms with Gasteiger partial charge in [0.25, 0.3) is 5.92 Å². The zero-order chi connectivity index (χ0) is 15.2. The molecule has 3 aliphatic rings. The average molecular weight is 323 g/mol. The number of benzene rings is 1. The van der Waals surface area contributed by atoms with Crippen molar-refractivity contribution in [1.29, 1.82) is 0 Å². The van der Waals surface area contributed by atoms with Gasteiger partial charge >= 0.3 is 0 Å². The van der Waals surface area contributed by atoms with Gasteiger partial charge in [0.2, 0.25) is 0 Å². The zero-order valence-corrected chi connectivity index (χ0v) is 13.1. The number of aliphatic imine (C=N–C) groups is 1. The van der Waals surface area contributed by atoms with E-state index in [1.165, 1.54) is 5.56 Å². The molecule has 0 aromatic heterocycles. The van der Waals surface area contributed by atoms with Crippen LogP contribution in [-0.2, 0) is 6.54 Å². The van der Waals surface area contributed by atoms with Gasteiger partial charge in [-0.3, -0.25) is 4.99 Å². The SMILES string of the molecule is FC1(F)CC12CCN(CCSC1=NCc3ccccc3N1)C2. The van der Waals surface area contributed by atoms with E-state index in [9.17, 15) is 8.78 Å². The Morgan fingerprint density at radius 1 is 1.32 bits per heavy atom. The molecule has 118 valence electrons. The van der Waals surface area contributed by atoms with Crippen molar-refractivity contribution in [2.24, 2.45) is 10.4 Å². The fourth-order valence-corrected chi connectivity index (χ4v) is 4.30. The minimum absolute atomic E-state index is 0.0920. The van der Waals surface area contributed by atoms with Crippen LogP contribution < -0.4 is 5.32 Å². The van der Waals surface area contributed by atoms with Gasteiger partial charge in [-0.25, -0.2) is 8.78 Å². The molecule has 1 N–H and O–H groups in total. The lowest BCUT2D eigenvalue weighted by Crippen LogP contribution is -2.26. The van der Waals surface area contributed by atoms with Crippen molar-refractivity contribution in [2.45, 2.75) is 25.3 Å². The number of hydrogen-bond acceptors (Lipinski definition) is 4. The number of para-hydroxylation sites is 1. The number of rotatable bonds is 3. The molecule has 1 unspecified atom stereocenters. The van der Waals surface area contributed by atoms with E-state index in [0.29, 0.717) is 19.5 Å². The summed E-state index contributed by atoms with van der Waals surface area (Å²) in [5.41, 5.74) is 1.65. The summed E-state index contributed by atoms with van der Waals surface area (Å²) in [5, 5.41) is 4.27. The molecule has 0 radical (unpaired) electrons. The van der Waals surface area contributed by atoms with E-state index in [4.69, 9.17) is 0 Å². The maximum atomic E-state index is 13.4. The molecule has 2 aliphatic heterocycles. The summed E-state index contributed by atoms with van der Waals surface area (Å²) in [5.74, 6) is -1.52. The minimum Gasteiger partial charge on any atom is -0.335 e. The van der Waals surface area contributed by atoms with Crippen LogP contribution in [0.4, 0.5) is 14.5 Å². The number of fused-ring (bicyclic) bond motifs is 1. The first kappa shape index (κ1) is 14.5. The number of anilines is 1. The number of amidine groups is 1. The zero-order valence-electron chi connectivity index (χ0n) is 12.3. The largest absolute Gasteiger partial charge is 0.335 e. The van der Waals surface area contributed by atoms with Gasteiger partial charge in [-0.2, -0.15) is 0 Å². The van der Waals surface area contributed by atoms with Crippen molar-refractivity contribution in [3.05, 3.63) is 29.8 Å². The molecule has 1 atom stereocenters. The molecule has 1 saturated heterocycles. The summed E-state index contributed by atoms with van der Waals surface area (Å²) in [7, 11) is 0. The molecule has 2 heterocycles. The molecule has 1 aromatic carbocycles. The highest BCUT2D eigenvalue weighted by atomic mass is 32.2. The van der Waals surface area contributed by atoms with Crippen molar-refractivity contribution in [3.63, 3.8) is 0 Å². The Balaban J connectivity index is 1.25. The quantitative estimate of drug-likeness (QED) is 0.923. The fraction of sp³-hybridized carbons (Fsp3) is 0.562. The van der Waals surface area contributed by atoms with Crippen LogP contribution in [0.3, 0.4) is 0 Å². The van der Waals surface area contributed by atoms with Crippen LogP contribution in [-0.4, -0.2) is 41.4 Å². The smallest absolute Gasteiger partial charge is 0.255 e. The number of alkyl halides is 2. The number of nitrogens with one attached hydrogen (secondary N) is 1. The summed E-state index contributed by atoms with van der Waals surface area (Å²) in [6.07, 6.45) is 0.742. The maximum Gasteiger partial charge on any atom is 0.255 e. The van der Waals surface area contributed by atoms with Gasteiger partial charge in [0.05, 0.1) is 12.0 Å². The first-order chi connectivity index (χ1) is 10.6. The van der Waals surface area contributed by atoms with Crippen molar-refractivity contribution >= 4 is 22.6 Å². The molecule has 1 spiro atoms. The molecule has 22 heavy (non-hydrogen) atoms.